The van der Waals surface area contributed by atoms with Gasteiger partial charge in [0.25, 0.3) is 5.91 Å². The van der Waals surface area contributed by atoms with Gasteiger partial charge >= 0.3 is 0 Å². The molecule has 0 radical (unpaired) electrons. The molecule has 0 aromatic heterocycles. The Balaban J connectivity index is 2.14. The number of nitrogens with two attached hydrogens (primary N) is 1. The molecular formula is C19H22N4O4S. The summed E-state index contributed by atoms with van der Waals surface area (Å²) in [5.41, 5.74) is 13.1. The summed E-state index contributed by atoms with van der Waals surface area (Å²) in [6, 6.07) is 10.2. The lowest BCUT2D eigenvalue weighted by Crippen LogP contribution is -2.39. The van der Waals surface area contributed by atoms with Gasteiger partial charge in [-0.25, -0.2) is 0 Å². The van der Waals surface area contributed by atoms with Gasteiger partial charge in [0.2, 0.25) is 5.75 Å². The van der Waals surface area contributed by atoms with E-state index in [1.54, 1.807) is 36.4 Å². The fourth-order valence-electron chi connectivity index (χ4n) is 2.38. The maximum atomic E-state index is 12.6. The molecule has 1 amide bonds. The number of thiocarbonyl (C=S) groups is 1. The van der Waals surface area contributed by atoms with Crippen LogP contribution in [0.15, 0.2) is 43.0 Å². The number of rotatable bonds is 8. The molecule has 0 spiro atoms. The van der Waals surface area contributed by atoms with Crippen LogP contribution in [0.25, 0.3) is 5.70 Å². The lowest BCUT2D eigenvalue weighted by atomic mass is 10.1. The first-order chi connectivity index (χ1) is 13.4. The Hall–Kier alpha value is -3.46. The predicted octanol–water partition coefficient (Wildman–Crippen LogP) is 2.27. The molecule has 0 atom stereocenters. The zero-order valence-corrected chi connectivity index (χ0v) is 16.6. The predicted molar refractivity (Wildman–Crippen MR) is 113 cm³/mol. The summed E-state index contributed by atoms with van der Waals surface area (Å²) in [4.78, 5) is 12.6. The van der Waals surface area contributed by atoms with Crippen molar-refractivity contribution < 1.29 is 19.0 Å². The minimum atomic E-state index is -0.320. The molecule has 0 saturated carbocycles. The number of anilines is 1. The van der Waals surface area contributed by atoms with Crippen LogP contribution in [-0.2, 0) is 0 Å². The number of amides is 1. The van der Waals surface area contributed by atoms with Crippen LogP contribution in [-0.4, -0.2) is 32.3 Å². The zero-order valence-electron chi connectivity index (χ0n) is 15.8. The van der Waals surface area contributed by atoms with Crippen molar-refractivity contribution in [3.63, 3.8) is 0 Å². The first-order valence-electron chi connectivity index (χ1n) is 8.11. The van der Waals surface area contributed by atoms with Crippen LogP contribution >= 0.6 is 12.2 Å². The van der Waals surface area contributed by atoms with Crippen molar-refractivity contribution in [3.8, 4) is 17.2 Å². The van der Waals surface area contributed by atoms with E-state index in [1.165, 1.54) is 21.3 Å². The van der Waals surface area contributed by atoms with Gasteiger partial charge in [0.05, 0.1) is 27.0 Å². The average molecular weight is 402 g/mol. The number of hydrazine groups is 1. The van der Waals surface area contributed by atoms with Crippen molar-refractivity contribution in [2.24, 2.45) is 5.73 Å². The summed E-state index contributed by atoms with van der Waals surface area (Å²) in [6.45, 7) is 3.87. The Morgan fingerprint density at radius 1 is 0.964 bits per heavy atom. The molecule has 2 aromatic rings. The molecule has 0 aliphatic heterocycles. The topological polar surface area (TPSA) is 107 Å². The molecule has 28 heavy (non-hydrogen) atoms. The fourth-order valence-corrected chi connectivity index (χ4v) is 2.43. The van der Waals surface area contributed by atoms with E-state index in [0.29, 0.717) is 34.2 Å². The van der Waals surface area contributed by atoms with Crippen LogP contribution in [0.2, 0.25) is 0 Å². The van der Waals surface area contributed by atoms with Gasteiger partial charge in [0.1, 0.15) is 0 Å². The van der Waals surface area contributed by atoms with Crippen molar-refractivity contribution in [2.75, 3.05) is 26.6 Å². The van der Waals surface area contributed by atoms with Gasteiger partial charge in [0, 0.05) is 11.3 Å². The number of nitrogens with one attached hydrogen (secondary N) is 3. The second kappa shape index (κ2) is 9.47. The highest BCUT2D eigenvalue weighted by Crippen LogP contribution is 2.38. The van der Waals surface area contributed by atoms with Crippen LogP contribution < -0.4 is 36.1 Å². The smallest absolute Gasteiger partial charge is 0.255 e. The standard InChI is InChI=1S/C19H22N4O4S/c1-11(22-23-19(20)28)12-5-7-14(8-6-12)21-18(24)13-9-15(25-2)17(27-4)16(10-13)26-3/h5-10,22H,1H2,2-4H3,(H,21,24)(H3,20,23,28). The molecule has 0 saturated heterocycles. The van der Waals surface area contributed by atoms with E-state index in [9.17, 15) is 4.79 Å². The van der Waals surface area contributed by atoms with Gasteiger partial charge in [-0.05, 0) is 42.0 Å². The molecule has 0 unspecified atom stereocenters. The van der Waals surface area contributed by atoms with E-state index in [1.807, 2.05) is 0 Å². The third-order valence-electron chi connectivity index (χ3n) is 3.75. The molecule has 5 N–H and O–H groups in total. The maximum Gasteiger partial charge on any atom is 0.255 e. The second-order valence-corrected chi connectivity index (χ2v) is 5.98. The number of hydrogen-bond acceptors (Lipinski definition) is 6. The van der Waals surface area contributed by atoms with Gasteiger partial charge in [0.15, 0.2) is 16.6 Å². The molecule has 148 valence electrons. The molecular weight excluding hydrogens is 380 g/mol. The van der Waals surface area contributed by atoms with Crippen LogP contribution in [0.4, 0.5) is 5.69 Å². The first-order valence-corrected chi connectivity index (χ1v) is 8.52. The Kier molecular flexibility index (Phi) is 7.05. The molecule has 9 heteroatoms. The Bertz CT molecular complexity index is 859. The van der Waals surface area contributed by atoms with E-state index < -0.39 is 0 Å². The van der Waals surface area contributed by atoms with Crippen molar-refractivity contribution in [1.82, 2.24) is 10.9 Å². The summed E-state index contributed by atoms with van der Waals surface area (Å²) >= 11 is 4.72. The normalized spacial score (nSPS) is 9.82. The van der Waals surface area contributed by atoms with Crippen LogP contribution in [0.5, 0.6) is 17.2 Å². The molecule has 2 aromatic carbocycles. The fraction of sp³-hybridized carbons (Fsp3) is 0.158. The van der Waals surface area contributed by atoms with Crippen molar-refractivity contribution >= 4 is 34.6 Å². The molecule has 8 nitrogen and oxygen atoms in total. The van der Waals surface area contributed by atoms with Crippen molar-refractivity contribution in [1.29, 1.82) is 0 Å². The summed E-state index contributed by atoms with van der Waals surface area (Å²) in [6.07, 6.45) is 0. The summed E-state index contributed by atoms with van der Waals surface area (Å²) in [5.74, 6) is 0.895. The number of ether oxygens (including phenoxy) is 3. The number of carbonyl (C=O) groups excluding carboxylic acids is 1. The summed E-state index contributed by atoms with van der Waals surface area (Å²) in [5, 5.41) is 2.92. The summed E-state index contributed by atoms with van der Waals surface area (Å²) < 4.78 is 15.8. The number of benzene rings is 2. The third kappa shape index (κ3) is 5.04. The first kappa shape index (κ1) is 20.8. The number of methoxy groups -OCH3 is 3. The third-order valence-corrected chi connectivity index (χ3v) is 3.86. The van der Waals surface area contributed by atoms with E-state index in [-0.39, 0.29) is 11.0 Å². The highest BCUT2D eigenvalue weighted by atomic mass is 32.1. The Labute approximate surface area is 168 Å². The maximum absolute atomic E-state index is 12.6. The summed E-state index contributed by atoms with van der Waals surface area (Å²) in [7, 11) is 4.48. The molecule has 0 bridgehead atoms. The zero-order chi connectivity index (χ0) is 20.7. The minimum Gasteiger partial charge on any atom is -0.493 e. The van der Waals surface area contributed by atoms with Gasteiger partial charge in [-0.1, -0.05) is 18.7 Å². The van der Waals surface area contributed by atoms with Gasteiger partial charge in [-0.15, -0.1) is 0 Å². The van der Waals surface area contributed by atoms with Gasteiger partial charge in [-0.2, -0.15) is 0 Å². The van der Waals surface area contributed by atoms with Crippen LogP contribution in [0, 0.1) is 0 Å². The van der Waals surface area contributed by atoms with Crippen molar-refractivity contribution in [3.05, 3.63) is 54.1 Å². The Morgan fingerprint density at radius 3 is 2.00 bits per heavy atom. The molecule has 0 aliphatic rings. The molecule has 0 heterocycles. The highest BCUT2D eigenvalue weighted by molar-refractivity contribution is 7.80. The van der Waals surface area contributed by atoms with Crippen LogP contribution in [0.3, 0.4) is 0 Å². The lowest BCUT2D eigenvalue weighted by molar-refractivity contribution is 0.102. The SMILES string of the molecule is C=C(NNC(N)=S)c1ccc(NC(=O)c2cc(OC)c(OC)c(OC)c2)cc1. The lowest BCUT2D eigenvalue weighted by Gasteiger charge is -2.14. The largest absolute Gasteiger partial charge is 0.493 e. The van der Waals surface area contributed by atoms with E-state index in [0.717, 1.165) is 5.56 Å². The van der Waals surface area contributed by atoms with Gasteiger partial charge in [-0.3, -0.25) is 15.6 Å². The number of carbonyl (C=O) groups is 1. The second-order valence-electron chi connectivity index (χ2n) is 5.54. The van der Waals surface area contributed by atoms with Gasteiger partial charge < -0.3 is 25.3 Å². The Morgan fingerprint density at radius 2 is 1.54 bits per heavy atom. The van der Waals surface area contributed by atoms with E-state index in [4.69, 9.17) is 32.2 Å². The number of hydrogen-bond donors (Lipinski definition) is 4. The van der Waals surface area contributed by atoms with Crippen LogP contribution in [0.1, 0.15) is 15.9 Å². The van der Waals surface area contributed by atoms with Crippen molar-refractivity contribution in [2.45, 2.75) is 0 Å². The highest BCUT2D eigenvalue weighted by Gasteiger charge is 2.17. The monoisotopic (exact) mass is 402 g/mol. The molecule has 2 rings (SSSR count). The minimum absolute atomic E-state index is 0.107. The quantitative estimate of drug-likeness (QED) is 0.394. The molecule has 0 aliphatic carbocycles. The molecule has 0 fully saturated rings. The van der Waals surface area contributed by atoms with E-state index in [2.05, 4.69) is 22.7 Å². The van der Waals surface area contributed by atoms with E-state index >= 15 is 0 Å². The average Bonchev–Trinajstić information content (AvgIpc) is 2.71.